The molecule has 1 aliphatic carbocycles. The van der Waals surface area contributed by atoms with E-state index in [1.54, 1.807) is 13.4 Å². The first-order chi connectivity index (χ1) is 9.31. The Bertz CT molecular complexity index is 398. The number of rotatable bonds is 6. The first kappa shape index (κ1) is 14.2. The topological polar surface area (TPSA) is 67.3 Å². The van der Waals surface area contributed by atoms with E-state index in [0.717, 1.165) is 18.7 Å². The van der Waals surface area contributed by atoms with Crippen LogP contribution in [-0.2, 0) is 17.6 Å². The van der Waals surface area contributed by atoms with E-state index >= 15 is 0 Å². The first-order valence-corrected chi connectivity index (χ1v) is 7.05. The van der Waals surface area contributed by atoms with E-state index in [1.165, 1.54) is 30.5 Å². The number of methoxy groups -OCH3 is 1. The Hall–Kier alpha value is -1.20. The molecule has 1 aliphatic rings. The van der Waals surface area contributed by atoms with Gasteiger partial charge in [0.25, 0.3) is 0 Å². The van der Waals surface area contributed by atoms with Crippen LogP contribution in [0.15, 0.2) is 6.33 Å². The van der Waals surface area contributed by atoms with Crippen LogP contribution in [0.5, 0.6) is 0 Å². The Morgan fingerprint density at radius 3 is 3.00 bits per heavy atom. The lowest BCUT2D eigenvalue weighted by Crippen LogP contribution is -2.19. The standard InChI is InChI=1S/C14H23N3O2/c1-19-9-11(18)7-8-15-14-12-5-3-2-4-6-13(12)16-10-17-14/h10-11,18H,2-9H2,1H3,(H,15,16,17). The summed E-state index contributed by atoms with van der Waals surface area (Å²) in [5, 5.41) is 12.9. The molecule has 5 heteroatoms. The Morgan fingerprint density at radius 2 is 2.16 bits per heavy atom. The van der Waals surface area contributed by atoms with Crippen LogP contribution in [0.2, 0.25) is 0 Å². The molecule has 19 heavy (non-hydrogen) atoms. The molecule has 1 unspecified atom stereocenters. The highest BCUT2D eigenvalue weighted by molar-refractivity contribution is 5.46. The third kappa shape index (κ3) is 4.14. The maximum Gasteiger partial charge on any atom is 0.132 e. The van der Waals surface area contributed by atoms with E-state index in [4.69, 9.17) is 4.74 Å². The zero-order valence-electron chi connectivity index (χ0n) is 11.6. The minimum Gasteiger partial charge on any atom is -0.391 e. The number of hydrogen-bond acceptors (Lipinski definition) is 5. The average molecular weight is 265 g/mol. The third-order valence-electron chi connectivity index (χ3n) is 3.50. The van der Waals surface area contributed by atoms with Crippen molar-refractivity contribution in [3.8, 4) is 0 Å². The van der Waals surface area contributed by atoms with Gasteiger partial charge in [0.15, 0.2) is 0 Å². The van der Waals surface area contributed by atoms with Crippen LogP contribution in [0.1, 0.15) is 36.9 Å². The molecule has 2 rings (SSSR count). The van der Waals surface area contributed by atoms with Crippen molar-refractivity contribution in [3.63, 3.8) is 0 Å². The number of hydrogen-bond donors (Lipinski definition) is 2. The van der Waals surface area contributed by atoms with Gasteiger partial charge in [0.1, 0.15) is 12.1 Å². The number of aryl methyl sites for hydroxylation is 1. The zero-order valence-corrected chi connectivity index (χ0v) is 11.6. The van der Waals surface area contributed by atoms with E-state index in [0.29, 0.717) is 19.6 Å². The van der Waals surface area contributed by atoms with E-state index in [-0.39, 0.29) is 0 Å². The normalized spacial score (nSPS) is 16.5. The number of nitrogens with one attached hydrogen (secondary N) is 1. The van der Waals surface area contributed by atoms with Crippen molar-refractivity contribution in [2.24, 2.45) is 0 Å². The van der Waals surface area contributed by atoms with Gasteiger partial charge < -0.3 is 15.2 Å². The van der Waals surface area contributed by atoms with Crippen molar-refractivity contribution < 1.29 is 9.84 Å². The van der Waals surface area contributed by atoms with Crippen molar-refractivity contribution in [2.45, 2.75) is 44.6 Å². The fourth-order valence-corrected chi connectivity index (χ4v) is 2.48. The van der Waals surface area contributed by atoms with Crippen LogP contribution >= 0.6 is 0 Å². The molecule has 0 aromatic carbocycles. The van der Waals surface area contributed by atoms with E-state index in [1.807, 2.05) is 0 Å². The lowest BCUT2D eigenvalue weighted by Gasteiger charge is -2.14. The van der Waals surface area contributed by atoms with Crippen molar-refractivity contribution >= 4 is 5.82 Å². The maximum atomic E-state index is 9.61. The van der Waals surface area contributed by atoms with Gasteiger partial charge in [-0.05, 0) is 32.1 Å². The number of aliphatic hydroxyl groups excluding tert-OH is 1. The van der Waals surface area contributed by atoms with Crippen LogP contribution in [0, 0.1) is 0 Å². The van der Waals surface area contributed by atoms with Gasteiger partial charge in [-0.25, -0.2) is 9.97 Å². The van der Waals surface area contributed by atoms with Gasteiger partial charge in [-0.15, -0.1) is 0 Å². The molecule has 0 spiro atoms. The highest BCUT2D eigenvalue weighted by Crippen LogP contribution is 2.23. The second-order valence-electron chi connectivity index (χ2n) is 5.03. The summed E-state index contributed by atoms with van der Waals surface area (Å²) < 4.78 is 4.91. The summed E-state index contributed by atoms with van der Waals surface area (Å²) in [6.07, 6.45) is 7.68. The Kier molecular flexibility index (Phi) is 5.54. The van der Waals surface area contributed by atoms with Crippen molar-refractivity contribution in [2.75, 3.05) is 25.6 Å². The predicted molar refractivity (Wildman–Crippen MR) is 74.3 cm³/mol. The van der Waals surface area contributed by atoms with E-state index in [2.05, 4.69) is 15.3 Å². The SMILES string of the molecule is COCC(O)CCNc1ncnc2c1CCCCC2. The molecule has 0 saturated heterocycles. The van der Waals surface area contributed by atoms with Gasteiger partial charge in [-0.3, -0.25) is 0 Å². The maximum absolute atomic E-state index is 9.61. The summed E-state index contributed by atoms with van der Waals surface area (Å²) in [4.78, 5) is 8.73. The summed E-state index contributed by atoms with van der Waals surface area (Å²) >= 11 is 0. The lowest BCUT2D eigenvalue weighted by molar-refractivity contribution is 0.0615. The van der Waals surface area contributed by atoms with E-state index < -0.39 is 6.10 Å². The minimum absolute atomic E-state index is 0.379. The predicted octanol–water partition coefficient (Wildman–Crippen LogP) is 1.55. The van der Waals surface area contributed by atoms with Crippen molar-refractivity contribution in [3.05, 3.63) is 17.6 Å². The van der Waals surface area contributed by atoms with Gasteiger partial charge in [-0.2, -0.15) is 0 Å². The number of ether oxygens (including phenoxy) is 1. The fourth-order valence-electron chi connectivity index (χ4n) is 2.48. The average Bonchev–Trinajstić information content (AvgIpc) is 2.65. The van der Waals surface area contributed by atoms with E-state index in [9.17, 15) is 5.11 Å². The molecule has 0 saturated carbocycles. The van der Waals surface area contributed by atoms with Crippen LogP contribution in [0.4, 0.5) is 5.82 Å². The van der Waals surface area contributed by atoms with Crippen molar-refractivity contribution in [1.29, 1.82) is 0 Å². The monoisotopic (exact) mass is 265 g/mol. The number of aromatic nitrogens is 2. The first-order valence-electron chi connectivity index (χ1n) is 7.05. The summed E-state index contributed by atoms with van der Waals surface area (Å²) in [5.74, 6) is 0.941. The molecule has 106 valence electrons. The van der Waals surface area contributed by atoms with Gasteiger partial charge in [0.2, 0.25) is 0 Å². The zero-order chi connectivity index (χ0) is 13.5. The molecule has 5 nitrogen and oxygen atoms in total. The van der Waals surface area contributed by atoms with Crippen molar-refractivity contribution in [1.82, 2.24) is 9.97 Å². The summed E-state index contributed by atoms with van der Waals surface area (Å²) in [6, 6.07) is 0. The Balaban J connectivity index is 1.93. The largest absolute Gasteiger partial charge is 0.391 e. The second kappa shape index (κ2) is 7.40. The molecule has 0 bridgehead atoms. The highest BCUT2D eigenvalue weighted by Gasteiger charge is 2.14. The molecule has 0 aliphatic heterocycles. The van der Waals surface area contributed by atoms with Gasteiger partial charge >= 0.3 is 0 Å². The van der Waals surface area contributed by atoms with Crippen LogP contribution in [0.25, 0.3) is 0 Å². The molecule has 2 N–H and O–H groups in total. The Morgan fingerprint density at radius 1 is 1.32 bits per heavy atom. The number of nitrogens with zero attached hydrogens (tertiary/aromatic N) is 2. The highest BCUT2D eigenvalue weighted by atomic mass is 16.5. The summed E-state index contributed by atoms with van der Waals surface area (Å²) in [5.41, 5.74) is 2.45. The quantitative estimate of drug-likeness (QED) is 0.764. The molecule has 0 radical (unpaired) electrons. The molecule has 0 amide bonds. The lowest BCUT2D eigenvalue weighted by atomic mass is 10.1. The number of anilines is 1. The van der Waals surface area contributed by atoms with Gasteiger partial charge in [0.05, 0.1) is 12.7 Å². The summed E-state index contributed by atoms with van der Waals surface area (Å²) in [7, 11) is 1.60. The third-order valence-corrected chi connectivity index (χ3v) is 3.50. The van der Waals surface area contributed by atoms with Gasteiger partial charge in [0, 0.05) is 24.9 Å². The minimum atomic E-state index is -0.419. The van der Waals surface area contributed by atoms with Crippen LogP contribution < -0.4 is 5.32 Å². The number of aliphatic hydroxyl groups is 1. The smallest absolute Gasteiger partial charge is 0.132 e. The van der Waals surface area contributed by atoms with Crippen LogP contribution in [-0.4, -0.2) is 41.4 Å². The molecular weight excluding hydrogens is 242 g/mol. The molecule has 1 atom stereocenters. The molecule has 1 aromatic heterocycles. The fraction of sp³-hybridized carbons (Fsp3) is 0.714. The molecule has 0 fully saturated rings. The van der Waals surface area contributed by atoms with Gasteiger partial charge in [-0.1, -0.05) is 6.42 Å². The number of fused-ring (bicyclic) bond motifs is 1. The second-order valence-corrected chi connectivity index (χ2v) is 5.03. The summed E-state index contributed by atoms with van der Waals surface area (Å²) in [6.45, 7) is 1.08. The molecule has 1 heterocycles. The molecular formula is C14H23N3O2. The molecule has 1 aromatic rings. The van der Waals surface area contributed by atoms with Crippen LogP contribution in [0.3, 0.4) is 0 Å². The Labute approximate surface area is 114 Å².